The van der Waals surface area contributed by atoms with Gasteiger partial charge in [-0.3, -0.25) is 4.79 Å². The monoisotopic (exact) mass is 262 g/mol. The van der Waals surface area contributed by atoms with E-state index in [-0.39, 0.29) is 11.9 Å². The van der Waals surface area contributed by atoms with E-state index in [4.69, 9.17) is 4.74 Å². The number of aliphatic imine (C=N–C) groups is 1. The Labute approximate surface area is 110 Å². The molecule has 2 heterocycles. The van der Waals surface area contributed by atoms with Crippen molar-refractivity contribution in [1.29, 1.82) is 0 Å². The van der Waals surface area contributed by atoms with Gasteiger partial charge in [0.05, 0.1) is 19.6 Å². The second-order valence-electron chi connectivity index (χ2n) is 4.32. The Bertz CT molecular complexity index is 498. The van der Waals surface area contributed by atoms with Gasteiger partial charge in [0.1, 0.15) is 5.75 Å². The third-order valence-corrected chi connectivity index (χ3v) is 4.24. The van der Waals surface area contributed by atoms with E-state index in [0.717, 1.165) is 28.8 Å². The molecule has 18 heavy (non-hydrogen) atoms. The molecule has 1 fully saturated rings. The molecule has 1 amide bonds. The first-order valence-corrected chi connectivity index (χ1v) is 6.91. The molecule has 0 spiro atoms. The summed E-state index contributed by atoms with van der Waals surface area (Å²) in [6.45, 7) is 0.966. The summed E-state index contributed by atoms with van der Waals surface area (Å²) in [5.74, 6) is 1.83. The molecule has 0 aliphatic carbocycles. The van der Waals surface area contributed by atoms with Crippen molar-refractivity contribution >= 4 is 22.8 Å². The maximum absolute atomic E-state index is 11.7. The third kappa shape index (κ3) is 1.99. The minimum absolute atomic E-state index is 0.0172. The summed E-state index contributed by atoms with van der Waals surface area (Å²) in [7, 11) is 1.65. The van der Waals surface area contributed by atoms with E-state index in [1.807, 2.05) is 24.3 Å². The second kappa shape index (κ2) is 4.65. The molecule has 4 nitrogen and oxygen atoms in total. The lowest BCUT2D eigenvalue weighted by molar-refractivity contribution is -0.119. The number of fused-ring (bicyclic) bond motifs is 1. The first kappa shape index (κ1) is 11.6. The SMILES string of the molecule is COc1ccc([C@H]2CC(=O)N=C3SCCN32)cc1. The van der Waals surface area contributed by atoms with Gasteiger partial charge in [-0.05, 0) is 17.7 Å². The van der Waals surface area contributed by atoms with Crippen LogP contribution in [-0.2, 0) is 4.79 Å². The van der Waals surface area contributed by atoms with Crippen LogP contribution >= 0.6 is 11.8 Å². The van der Waals surface area contributed by atoms with Gasteiger partial charge in [-0.2, -0.15) is 4.99 Å². The fourth-order valence-corrected chi connectivity index (χ4v) is 3.37. The van der Waals surface area contributed by atoms with Crippen molar-refractivity contribution in [3.63, 3.8) is 0 Å². The highest BCUT2D eigenvalue weighted by Gasteiger charge is 2.34. The predicted octanol–water partition coefficient (Wildman–Crippen LogP) is 2.07. The standard InChI is InChI=1S/C13H14N2O2S/c1-17-10-4-2-9(3-5-10)11-8-12(16)14-13-15(11)6-7-18-13/h2-5,11H,6-8H2,1H3/t11-/m1/s1. The van der Waals surface area contributed by atoms with E-state index >= 15 is 0 Å². The van der Waals surface area contributed by atoms with E-state index in [9.17, 15) is 4.79 Å². The number of benzene rings is 1. The molecule has 0 unspecified atom stereocenters. The zero-order valence-corrected chi connectivity index (χ0v) is 10.9. The molecule has 0 radical (unpaired) electrons. The van der Waals surface area contributed by atoms with Crippen LogP contribution in [0.15, 0.2) is 29.3 Å². The normalized spacial score (nSPS) is 22.7. The minimum atomic E-state index is -0.0172. The summed E-state index contributed by atoms with van der Waals surface area (Å²) in [4.78, 5) is 18.0. The van der Waals surface area contributed by atoms with Crippen molar-refractivity contribution in [3.05, 3.63) is 29.8 Å². The molecule has 94 valence electrons. The number of hydrogen-bond donors (Lipinski definition) is 0. The van der Waals surface area contributed by atoms with E-state index in [1.165, 1.54) is 0 Å². The molecule has 1 aromatic rings. The predicted molar refractivity (Wildman–Crippen MR) is 72.0 cm³/mol. The zero-order chi connectivity index (χ0) is 12.5. The van der Waals surface area contributed by atoms with Gasteiger partial charge in [0, 0.05) is 12.3 Å². The van der Waals surface area contributed by atoms with Crippen LogP contribution < -0.4 is 4.74 Å². The molecule has 2 aliphatic rings. The lowest BCUT2D eigenvalue weighted by Crippen LogP contribution is -2.35. The summed E-state index contributed by atoms with van der Waals surface area (Å²) >= 11 is 1.67. The van der Waals surface area contributed by atoms with Crippen molar-refractivity contribution in [2.24, 2.45) is 4.99 Å². The van der Waals surface area contributed by atoms with E-state index in [1.54, 1.807) is 18.9 Å². The van der Waals surface area contributed by atoms with Gasteiger partial charge in [-0.1, -0.05) is 23.9 Å². The molecule has 1 aromatic carbocycles. The molecule has 3 rings (SSSR count). The molecular formula is C13H14N2O2S. The Morgan fingerprint density at radius 2 is 2.17 bits per heavy atom. The molecular weight excluding hydrogens is 248 g/mol. The summed E-state index contributed by atoms with van der Waals surface area (Å²) in [6.07, 6.45) is 0.469. The second-order valence-corrected chi connectivity index (χ2v) is 5.39. The number of methoxy groups -OCH3 is 1. The van der Waals surface area contributed by atoms with Crippen LogP contribution in [-0.4, -0.2) is 35.4 Å². The summed E-state index contributed by atoms with van der Waals surface area (Å²) < 4.78 is 5.16. The number of thioether (sulfide) groups is 1. The lowest BCUT2D eigenvalue weighted by atomic mass is 10.0. The zero-order valence-electron chi connectivity index (χ0n) is 10.1. The lowest BCUT2D eigenvalue weighted by Gasteiger charge is -2.31. The number of rotatable bonds is 2. The van der Waals surface area contributed by atoms with Crippen molar-refractivity contribution in [3.8, 4) is 5.75 Å². The van der Waals surface area contributed by atoms with Crippen molar-refractivity contribution < 1.29 is 9.53 Å². The van der Waals surface area contributed by atoms with E-state index in [0.29, 0.717) is 6.42 Å². The number of amidine groups is 1. The molecule has 2 aliphatic heterocycles. The molecule has 0 aromatic heterocycles. The quantitative estimate of drug-likeness (QED) is 0.818. The third-order valence-electron chi connectivity index (χ3n) is 3.27. The number of carbonyl (C=O) groups excluding carboxylic acids is 1. The van der Waals surface area contributed by atoms with E-state index < -0.39 is 0 Å². The first-order valence-electron chi connectivity index (χ1n) is 5.93. The molecule has 0 saturated carbocycles. The highest BCUT2D eigenvalue weighted by atomic mass is 32.2. The van der Waals surface area contributed by atoms with Gasteiger partial charge in [0.25, 0.3) is 5.91 Å². The Kier molecular flexibility index (Phi) is 2.99. The molecule has 5 heteroatoms. The summed E-state index contributed by atoms with van der Waals surface area (Å²) in [6, 6.07) is 8.07. The maximum atomic E-state index is 11.7. The van der Waals surface area contributed by atoms with Crippen molar-refractivity contribution in [2.75, 3.05) is 19.4 Å². The Hall–Kier alpha value is -1.49. The van der Waals surface area contributed by atoms with Crippen LogP contribution in [0.5, 0.6) is 5.75 Å². The molecule has 1 atom stereocenters. The largest absolute Gasteiger partial charge is 0.497 e. The Balaban J connectivity index is 1.90. The van der Waals surface area contributed by atoms with Gasteiger partial charge in [-0.25, -0.2) is 0 Å². The van der Waals surface area contributed by atoms with Gasteiger partial charge in [0.15, 0.2) is 5.17 Å². The van der Waals surface area contributed by atoms with Gasteiger partial charge < -0.3 is 9.64 Å². The van der Waals surface area contributed by atoms with Crippen LogP contribution in [0, 0.1) is 0 Å². The van der Waals surface area contributed by atoms with E-state index in [2.05, 4.69) is 9.89 Å². The first-order chi connectivity index (χ1) is 8.78. The van der Waals surface area contributed by atoms with Crippen LogP contribution in [0.25, 0.3) is 0 Å². The van der Waals surface area contributed by atoms with Gasteiger partial charge >= 0.3 is 0 Å². The van der Waals surface area contributed by atoms with Crippen molar-refractivity contribution in [2.45, 2.75) is 12.5 Å². The minimum Gasteiger partial charge on any atom is -0.497 e. The highest BCUT2D eigenvalue weighted by molar-refractivity contribution is 8.14. The van der Waals surface area contributed by atoms with Crippen LogP contribution in [0.4, 0.5) is 0 Å². The number of carbonyl (C=O) groups is 1. The Morgan fingerprint density at radius 1 is 1.39 bits per heavy atom. The summed E-state index contributed by atoms with van der Waals surface area (Å²) in [5, 5.41) is 0.882. The van der Waals surface area contributed by atoms with Crippen molar-refractivity contribution in [1.82, 2.24) is 4.90 Å². The maximum Gasteiger partial charge on any atom is 0.250 e. The fourth-order valence-electron chi connectivity index (χ4n) is 2.35. The number of ether oxygens (including phenoxy) is 1. The van der Waals surface area contributed by atoms with Gasteiger partial charge in [0.2, 0.25) is 0 Å². The van der Waals surface area contributed by atoms with Crippen LogP contribution in [0.2, 0.25) is 0 Å². The number of hydrogen-bond acceptors (Lipinski definition) is 4. The van der Waals surface area contributed by atoms with Crippen LogP contribution in [0.1, 0.15) is 18.0 Å². The average Bonchev–Trinajstić information content (AvgIpc) is 2.86. The Morgan fingerprint density at radius 3 is 2.89 bits per heavy atom. The summed E-state index contributed by atoms with van der Waals surface area (Å²) in [5.41, 5.74) is 1.15. The number of amides is 1. The topological polar surface area (TPSA) is 41.9 Å². The number of nitrogens with zero attached hydrogens (tertiary/aromatic N) is 2. The highest BCUT2D eigenvalue weighted by Crippen LogP contribution is 2.35. The smallest absolute Gasteiger partial charge is 0.250 e. The van der Waals surface area contributed by atoms with Crippen LogP contribution in [0.3, 0.4) is 0 Å². The fraction of sp³-hybridized carbons (Fsp3) is 0.385. The average molecular weight is 262 g/mol. The molecule has 0 bridgehead atoms. The molecule has 1 saturated heterocycles. The van der Waals surface area contributed by atoms with Gasteiger partial charge in [-0.15, -0.1) is 0 Å². The molecule has 0 N–H and O–H groups in total.